The molecule has 3 N–H and O–H groups in total. The number of aryl methyl sites for hydroxylation is 1. The van der Waals surface area contributed by atoms with Crippen LogP contribution in [0.15, 0.2) is 24.3 Å². The summed E-state index contributed by atoms with van der Waals surface area (Å²) in [4.78, 5) is 16.9. The molecule has 20 heavy (non-hydrogen) atoms. The van der Waals surface area contributed by atoms with E-state index in [2.05, 4.69) is 17.3 Å². The second kappa shape index (κ2) is 6.49. The monoisotopic (exact) mass is 291 g/mol. The van der Waals surface area contributed by atoms with Gasteiger partial charge in [-0.2, -0.15) is 0 Å². The van der Waals surface area contributed by atoms with Crippen LogP contribution in [0, 0.1) is 0 Å². The Morgan fingerprint density at radius 1 is 1.40 bits per heavy atom. The minimum atomic E-state index is -0.286. The third-order valence-corrected chi connectivity index (χ3v) is 4.00. The predicted molar refractivity (Wildman–Crippen MR) is 79.8 cm³/mol. The van der Waals surface area contributed by atoms with E-state index in [1.54, 1.807) is 7.11 Å². The Labute approximate surface area is 121 Å². The van der Waals surface area contributed by atoms with E-state index in [1.807, 2.05) is 24.3 Å². The molecule has 0 bridgehead atoms. The lowest BCUT2D eigenvalue weighted by Crippen LogP contribution is -2.30. The predicted octanol–water partition coefficient (Wildman–Crippen LogP) is 2.37. The molecule has 0 aliphatic heterocycles. The van der Waals surface area contributed by atoms with E-state index in [4.69, 9.17) is 10.6 Å². The molecule has 0 radical (unpaired) electrons. The molecular formula is C14H17N3O2S. The van der Waals surface area contributed by atoms with E-state index < -0.39 is 0 Å². The topological polar surface area (TPSA) is 77.2 Å². The van der Waals surface area contributed by atoms with Crippen LogP contribution < -0.4 is 16.0 Å². The number of carbonyl (C=O) groups excluding carboxylic acids is 1. The summed E-state index contributed by atoms with van der Waals surface area (Å²) in [6, 6.07) is 7.60. The minimum Gasteiger partial charge on any atom is -0.497 e. The van der Waals surface area contributed by atoms with Gasteiger partial charge in [-0.3, -0.25) is 10.2 Å². The maximum Gasteiger partial charge on any atom is 0.277 e. The maximum atomic E-state index is 11.8. The van der Waals surface area contributed by atoms with Crippen LogP contribution in [0.5, 0.6) is 5.75 Å². The van der Waals surface area contributed by atoms with Gasteiger partial charge in [0.05, 0.1) is 12.8 Å². The zero-order valence-corrected chi connectivity index (χ0v) is 12.3. The summed E-state index contributed by atoms with van der Waals surface area (Å²) in [7, 11) is 1.63. The highest BCUT2D eigenvalue weighted by molar-refractivity contribution is 7.17. The minimum absolute atomic E-state index is 0.286. The summed E-state index contributed by atoms with van der Waals surface area (Å²) in [5.74, 6) is 5.72. The lowest BCUT2D eigenvalue weighted by Gasteiger charge is -2.00. The van der Waals surface area contributed by atoms with Gasteiger partial charge in [-0.25, -0.2) is 10.8 Å². The molecule has 0 spiro atoms. The Morgan fingerprint density at radius 2 is 2.10 bits per heavy atom. The number of ether oxygens (including phenoxy) is 1. The summed E-state index contributed by atoms with van der Waals surface area (Å²) >= 11 is 1.35. The lowest BCUT2D eigenvalue weighted by atomic mass is 10.2. The Balaban J connectivity index is 2.38. The number of rotatable bonds is 5. The van der Waals surface area contributed by atoms with Crippen molar-refractivity contribution in [1.82, 2.24) is 10.4 Å². The number of aromatic nitrogens is 1. The molecule has 0 unspecified atom stereocenters. The first kappa shape index (κ1) is 14.5. The Morgan fingerprint density at radius 3 is 2.65 bits per heavy atom. The normalized spacial score (nSPS) is 10.3. The van der Waals surface area contributed by atoms with Crippen molar-refractivity contribution in [3.8, 4) is 16.3 Å². The molecule has 1 amide bonds. The van der Waals surface area contributed by atoms with Crippen LogP contribution >= 0.6 is 11.3 Å². The Bertz CT molecular complexity index is 593. The van der Waals surface area contributed by atoms with Crippen molar-refractivity contribution in [2.75, 3.05) is 7.11 Å². The summed E-state index contributed by atoms with van der Waals surface area (Å²) in [6.45, 7) is 2.05. The number of hydrazine groups is 1. The van der Waals surface area contributed by atoms with Crippen molar-refractivity contribution in [3.05, 3.63) is 34.8 Å². The smallest absolute Gasteiger partial charge is 0.277 e. The average molecular weight is 291 g/mol. The Hall–Kier alpha value is -1.92. The molecule has 1 aromatic carbocycles. The third-order valence-electron chi connectivity index (χ3n) is 2.86. The van der Waals surface area contributed by atoms with Crippen molar-refractivity contribution >= 4 is 17.2 Å². The molecule has 1 heterocycles. The number of benzene rings is 1. The largest absolute Gasteiger partial charge is 0.497 e. The number of nitrogens with zero attached hydrogens (tertiary/aromatic N) is 1. The summed E-state index contributed by atoms with van der Waals surface area (Å²) in [5, 5.41) is 0.815. The van der Waals surface area contributed by atoms with E-state index in [-0.39, 0.29) is 5.91 Å². The van der Waals surface area contributed by atoms with Crippen LogP contribution in [-0.4, -0.2) is 18.0 Å². The number of nitrogen functional groups attached to an aromatic ring is 1. The fraction of sp³-hybridized carbons (Fsp3) is 0.286. The van der Waals surface area contributed by atoms with Gasteiger partial charge in [0.2, 0.25) is 0 Å². The molecule has 106 valence electrons. The number of carbonyl (C=O) groups is 1. The zero-order valence-electron chi connectivity index (χ0n) is 11.5. The van der Waals surface area contributed by atoms with Crippen molar-refractivity contribution in [2.24, 2.45) is 5.84 Å². The number of nitrogens with one attached hydrogen (secondary N) is 1. The molecule has 1 aromatic heterocycles. The highest BCUT2D eigenvalue weighted by atomic mass is 32.1. The molecule has 0 aliphatic rings. The van der Waals surface area contributed by atoms with Gasteiger partial charge in [-0.05, 0) is 30.7 Å². The van der Waals surface area contributed by atoms with Crippen LogP contribution in [-0.2, 0) is 6.42 Å². The number of methoxy groups -OCH3 is 1. The van der Waals surface area contributed by atoms with Crippen LogP contribution in [0.4, 0.5) is 0 Å². The number of amides is 1. The molecule has 0 saturated carbocycles. The maximum absolute atomic E-state index is 11.8. The first-order valence-electron chi connectivity index (χ1n) is 6.34. The fourth-order valence-electron chi connectivity index (χ4n) is 1.86. The van der Waals surface area contributed by atoms with Gasteiger partial charge in [-0.1, -0.05) is 13.3 Å². The zero-order chi connectivity index (χ0) is 14.5. The number of hydrogen-bond donors (Lipinski definition) is 2. The highest BCUT2D eigenvalue weighted by Crippen LogP contribution is 2.30. The molecule has 2 aromatic rings. The molecule has 0 saturated heterocycles. The van der Waals surface area contributed by atoms with Gasteiger partial charge < -0.3 is 4.74 Å². The van der Waals surface area contributed by atoms with Gasteiger partial charge in [0.15, 0.2) is 0 Å². The first-order valence-corrected chi connectivity index (χ1v) is 7.16. The van der Waals surface area contributed by atoms with E-state index in [1.165, 1.54) is 11.3 Å². The lowest BCUT2D eigenvalue weighted by molar-refractivity contribution is 0.0956. The Kier molecular flexibility index (Phi) is 4.70. The van der Waals surface area contributed by atoms with Crippen molar-refractivity contribution in [1.29, 1.82) is 0 Å². The first-order chi connectivity index (χ1) is 9.69. The molecule has 0 aliphatic carbocycles. The number of thiazole rings is 1. The SMILES string of the molecule is CCCc1nc(-c2ccc(OC)cc2)sc1C(=O)NN. The molecular weight excluding hydrogens is 274 g/mol. The number of nitrogens with two attached hydrogens (primary N) is 1. The van der Waals surface area contributed by atoms with Gasteiger partial charge in [0.25, 0.3) is 5.91 Å². The highest BCUT2D eigenvalue weighted by Gasteiger charge is 2.17. The van der Waals surface area contributed by atoms with Crippen molar-refractivity contribution in [2.45, 2.75) is 19.8 Å². The van der Waals surface area contributed by atoms with Crippen molar-refractivity contribution in [3.63, 3.8) is 0 Å². The number of hydrogen-bond acceptors (Lipinski definition) is 5. The van der Waals surface area contributed by atoms with E-state index in [0.717, 1.165) is 34.9 Å². The van der Waals surface area contributed by atoms with E-state index in [0.29, 0.717) is 4.88 Å². The van der Waals surface area contributed by atoms with Crippen LogP contribution in [0.25, 0.3) is 10.6 Å². The van der Waals surface area contributed by atoms with Gasteiger partial charge in [0.1, 0.15) is 15.6 Å². The standard InChI is InChI=1S/C14H17N3O2S/c1-3-4-11-12(13(18)17-15)20-14(16-11)9-5-7-10(19-2)8-6-9/h5-8H,3-4,15H2,1-2H3,(H,17,18). The second-order valence-corrected chi connectivity index (χ2v) is 5.25. The van der Waals surface area contributed by atoms with E-state index in [9.17, 15) is 4.79 Å². The van der Waals surface area contributed by atoms with Crippen LogP contribution in [0.3, 0.4) is 0 Å². The molecule has 5 nitrogen and oxygen atoms in total. The van der Waals surface area contributed by atoms with Crippen LogP contribution in [0.2, 0.25) is 0 Å². The second-order valence-electron chi connectivity index (χ2n) is 4.25. The molecule has 0 fully saturated rings. The fourth-order valence-corrected chi connectivity index (χ4v) is 2.88. The van der Waals surface area contributed by atoms with Gasteiger partial charge >= 0.3 is 0 Å². The molecule has 0 atom stereocenters. The van der Waals surface area contributed by atoms with Gasteiger partial charge in [0, 0.05) is 5.56 Å². The van der Waals surface area contributed by atoms with E-state index >= 15 is 0 Å². The average Bonchev–Trinajstić information content (AvgIpc) is 2.91. The van der Waals surface area contributed by atoms with Gasteiger partial charge in [-0.15, -0.1) is 11.3 Å². The van der Waals surface area contributed by atoms with Crippen molar-refractivity contribution < 1.29 is 9.53 Å². The summed E-state index contributed by atoms with van der Waals surface area (Å²) < 4.78 is 5.13. The molecule has 2 rings (SSSR count). The summed E-state index contributed by atoms with van der Waals surface area (Å²) in [5.41, 5.74) is 3.93. The molecule has 6 heteroatoms. The quantitative estimate of drug-likeness (QED) is 0.504. The van der Waals surface area contributed by atoms with Crippen LogP contribution in [0.1, 0.15) is 28.7 Å². The summed E-state index contributed by atoms with van der Waals surface area (Å²) in [6.07, 6.45) is 1.69. The third kappa shape index (κ3) is 2.97.